The molecule has 0 aliphatic carbocycles. The third-order valence-corrected chi connectivity index (χ3v) is 3.93. The molecule has 1 aliphatic rings. The highest BCUT2D eigenvalue weighted by molar-refractivity contribution is 8.00. The van der Waals surface area contributed by atoms with Crippen molar-refractivity contribution in [2.24, 2.45) is 0 Å². The summed E-state index contributed by atoms with van der Waals surface area (Å²) in [5, 5.41) is 0.812. The minimum absolute atomic E-state index is 0.802. The van der Waals surface area contributed by atoms with Gasteiger partial charge in [0, 0.05) is 5.25 Å². The smallest absolute Gasteiger partial charge is 0.00877 e. The minimum Gasteiger partial charge on any atom is -0.158 e. The quantitative estimate of drug-likeness (QED) is 0.636. The van der Waals surface area contributed by atoms with Crippen LogP contribution in [0.1, 0.15) is 24.8 Å². The summed E-state index contributed by atoms with van der Waals surface area (Å²) in [6.45, 7) is 2.34. The third-order valence-electron chi connectivity index (χ3n) is 2.60. The molecule has 1 heterocycles. The van der Waals surface area contributed by atoms with Gasteiger partial charge in [0.1, 0.15) is 0 Å². The maximum Gasteiger partial charge on any atom is 0.00877 e. The largest absolute Gasteiger partial charge is 0.158 e. The van der Waals surface area contributed by atoms with Crippen LogP contribution in [0, 0.1) is 0 Å². The first kappa shape index (κ1) is 8.18. The van der Waals surface area contributed by atoms with Gasteiger partial charge in [0.05, 0.1) is 0 Å². The zero-order valence-electron chi connectivity index (χ0n) is 7.36. The second-order valence-corrected chi connectivity index (χ2v) is 4.87. The molecule has 1 aromatic carbocycles. The van der Waals surface area contributed by atoms with Gasteiger partial charge in [0.25, 0.3) is 0 Å². The first-order valence-electron chi connectivity index (χ1n) is 4.54. The van der Waals surface area contributed by atoms with Crippen LogP contribution in [0.25, 0.3) is 0 Å². The lowest BCUT2D eigenvalue weighted by atomic mass is 9.94. The number of thioether (sulfide) groups is 1. The molecule has 1 aromatic rings. The van der Waals surface area contributed by atoms with E-state index in [-0.39, 0.29) is 0 Å². The zero-order valence-corrected chi connectivity index (χ0v) is 8.18. The van der Waals surface area contributed by atoms with Crippen molar-refractivity contribution >= 4 is 11.8 Å². The molecular weight excluding hydrogens is 164 g/mol. The van der Waals surface area contributed by atoms with Crippen molar-refractivity contribution in [3.63, 3.8) is 0 Å². The Bertz CT molecular complexity index is 242. The molecule has 0 N–H and O–H groups in total. The molecule has 2 rings (SSSR count). The van der Waals surface area contributed by atoms with E-state index in [9.17, 15) is 0 Å². The molecule has 64 valence electrons. The van der Waals surface area contributed by atoms with E-state index in [1.807, 2.05) is 0 Å². The fraction of sp³-hybridized carbons (Fsp3) is 0.455. The van der Waals surface area contributed by atoms with E-state index in [0.29, 0.717) is 0 Å². The predicted octanol–water partition coefficient (Wildman–Crippen LogP) is 3.30. The standard InChI is InChI=1S/C11H14S/c1-9-11(7-8-12-9)10-5-3-2-4-6-10/h2-6,9,11H,7-8H2,1H3. The summed E-state index contributed by atoms with van der Waals surface area (Å²) in [5.41, 5.74) is 1.52. The first-order chi connectivity index (χ1) is 5.88. The molecule has 0 amide bonds. The van der Waals surface area contributed by atoms with E-state index in [1.165, 1.54) is 17.7 Å². The van der Waals surface area contributed by atoms with Gasteiger partial charge >= 0.3 is 0 Å². The van der Waals surface area contributed by atoms with Crippen LogP contribution in [0.5, 0.6) is 0 Å². The fourth-order valence-corrected chi connectivity index (χ4v) is 3.16. The molecule has 1 aliphatic heterocycles. The molecule has 12 heavy (non-hydrogen) atoms. The van der Waals surface area contributed by atoms with Crippen molar-refractivity contribution in [2.45, 2.75) is 24.5 Å². The number of hydrogen-bond donors (Lipinski definition) is 0. The first-order valence-corrected chi connectivity index (χ1v) is 5.59. The van der Waals surface area contributed by atoms with Crippen LogP contribution in [0.4, 0.5) is 0 Å². The van der Waals surface area contributed by atoms with Crippen molar-refractivity contribution in [2.75, 3.05) is 5.75 Å². The van der Waals surface area contributed by atoms with Gasteiger partial charge in [-0.1, -0.05) is 37.3 Å². The Morgan fingerprint density at radius 3 is 2.58 bits per heavy atom. The molecule has 1 saturated heterocycles. The summed E-state index contributed by atoms with van der Waals surface area (Å²) >= 11 is 2.10. The molecule has 2 unspecified atom stereocenters. The van der Waals surface area contributed by atoms with E-state index in [1.54, 1.807) is 0 Å². The highest BCUT2D eigenvalue weighted by Crippen LogP contribution is 2.38. The van der Waals surface area contributed by atoms with E-state index >= 15 is 0 Å². The molecular formula is C11H14S. The molecule has 0 radical (unpaired) electrons. The van der Waals surface area contributed by atoms with Gasteiger partial charge in [0.15, 0.2) is 0 Å². The summed E-state index contributed by atoms with van der Waals surface area (Å²) in [6.07, 6.45) is 1.36. The summed E-state index contributed by atoms with van der Waals surface area (Å²) in [5.74, 6) is 2.14. The van der Waals surface area contributed by atoms with Crippen molar-refractivity contribution in [3.8, 4) is 0 Å². The molecule has 1 fully saturated rings. The van der Waals surface area contributed by atoms with Gasteiger partial charge in [0.2, 0.25) is 0 Å². The van der Waals surface area contributed by atoms with Crippen LogP contribution in [-0.2, 0) is 0 Å². The number of hydrogen-bond acceptors (Lipinski definition) is 1. The van der Waals surface area contributed by atoms with E-state index in [0.717, 1.165) is 11.2 Å². The topological polar surface area (TPSA) is 0 Å². The van der Waals surface area contributed by atoms with Gasteiger partial charge in [-0.3, -0.25) is 0 Å². The van der Waals surface area contributed by atoms with Crippen LogP contribution in [0.15, 0.2) is 30.3 Å². The zero-order chi connectivity index (χ0) is 8.39. The van der Waals surface area contributed by atoms with Crippen molar-refractivity contribution < 1.29 is 0 Å². The third kappa shape index (κ3) is 1.51. The van der Waals surface area contributed by atoms with E-state index in [2.05, 4.69) is 49.0 Å². The summed E-state index contributed by atoms with van der Waals surface area (Å²) in [6, 6.07) is 10.9. The highest BCUT2D eigenvalue weighted by Gasteiger charge is 2.24. The van der Waals surface area contributed by atoms with Crippen LogP contribution in [0.3, 0.4) is 0 Å². The Kier molecular flexibility index (Phi) is 2.40. The van der Waals surface area contributed by atoms with E-state index < -0.39 is 0 Å². The maximum absolute atomic E-state index is 2.34. The molecule has 0 bridgehead atoms. The average molecular weight is 178 g/mol. The Morgan fingerprint density at radius 1 is 1.25 bits per heavy atom. The lowest BCUT2D eigenvalue weighted by molar-refractivity contribution is 0.694. The molecule has 0 spiro atoms. The molecule has 2 atom stereocenters. The summed E-state index contributed by atoms with van der Waals surface area (Å²) in [7, 11) is 0. The van der Waals surface area contributed by atoms with Crippen LogP contribution in [-0.4, -0.2) is 11.0 Å². The molecule has 1 heteroatoms. The molecule has 0 saturated carbocycles. The van der Waals surface area contributed by atoms with Gasteiger partial charge in [-0.15, -0.1) is 0 Å². The minimum atomic E-state index is 0.802. The second-order valence-electron chi connectivity index (χ2n) is 3.38. The van der Waals surface area contributed by atoms with Crippen LogP contribution in [0.2, 0.25) is 0 Å². The Labute approximate surface area is 78.4 Å². The van der Waals surface area contributed by atoms with Crippen LogP contribution >= 0.6 is 11.8 Å². The maximum atomic E-state index is 2.34. The van der Waals surface area contributed by atoms with Gasteiger partial charge < -0.3 is 0 Å². The normalized spacial score (nSPS) is 29.1. The van der Waals surface area contributed by atoms with Gasteiger partial charge in [-0.05, 0) is 23.7 Å². The van der Waals surface area contributed by atoms with Crippen molar-refractivity contribution in [1.29, 1.82) is 0 Å². The fourth-order valence-electron chi connectivity index (χ4n) is 1.87. The number of benzene rings is 1. The Balaban J connectivity index is 2.19. The molecule has 0 aromatic heterocycles. The van der Waals surface area contributed by atoms with Gasteiger partial charge in [-0.2, -0.15) is 11.8 Å². The van der Waals surface area contributed by atoms with Gasteiger partial charge in [-0.25, -0.2) is 0 Å². The SMILES string of the molecule is CC1SCCC1c1ccccc1. The van der Waals surface area contributed by atoms with Crippen molar-refractivity contribution in [3.05, 3.63) is 35.9 Å². The summed E-state index contributed by atoms with van der Waals surface area (Å²) in [4.78, 5) is 0. The summed E-state index contributed by atoms with van der Waals surface area (Å²) < 4.78 is 0. The molecule has 0 nitrogen and oxygen atoms in total. The lowest BCUT2D eigenvalue weighted by Crippen LogP contribution is -2.04. The number of rotatable bonds is 1. The van der Waals surface area contributed by atoms with Crippen molar-refractivity contribution in [1.82, 2.24) is 0 Å². The monoisotopic (exact) mass is 178 g/mol. The Hall–Kier alpha value is -0.430. The lowest BCUT2D eigenvalue weighted by Gasteiger charge is -2.13. The predicted molar refractivity (Wildman–Crippen MR) is 55.7 cm³/mol. The second kappa shape index (κ2) is 3.53. The average Bonchev–Trinajstić information content (AvgIpc) is 2.53. The van der Waals surface area contributed by atoms with Crippen LogP contribution < -0.4 is 0 Å². The van der Waals surface area contributed by atoms with E-state index in [4.69, 9.17) is 0 Å². The Morgan fingerprint density at radius 2 is 2.00 bits per heavy atom. The highest BCUT2D eigenvalue weighted by atomic mass is 32.2.